The Kier molecular flexibility index (Phi) is 12.9. The minimum absolute atomic E-state index is 0.0319. The zero-order chi connectivity index (χ0) is 25.4. The smallest absolute Gasteiger partial charge is 0.341 e. The minimum Gasteiger partial charge on any atom is -0.462 e. The molecule has 3 rings (SSSR count). The Morgan fingerprint density at radius 2 is 1.58 bits per heavy atom. The summed E-state index contributed by atoms with van der Waals surface area (Å²) in [5.41, 5.74) is 1.64. The first kappa shape index (κ1) is 28.3. The molecule has 0 radical (unpaired) electrons. The molecule has 1 saturated carbocycles. The van der Waals surface area contributed by atoms with Gasteiger partial charge in [0.05, 0.1) is 12.2 Å². The number of hydrogen-bond donors (Lipinski definition) is 0. The lowest BCUT2D eigenvalue weighted by Crippen LogP contribution is -2.09. The first-order valence-corrected chi connectivity index (χ1v) is 14.5. The largest absolute Gasteiger partial charge is 0.462 e. The summed E-state index contributed by atoms with van der Waals surface area (Å²) in [7, 11) is 0. The van der Waals surface area contributed by atoms with Crippen LogP contribution in [0.2, 0.25) is 0 Å². The molecule has 1 aliphatic rings. The topological polar surface area (TPSA) is 52.1 Å². The molecule has 2 aromatic rings. The average Bonchev–Trinajstić information content (AvgIpc) is 3.41. The molecule has 0 saturated heterocycles. The van der Waals surface area contributed by atoms with Gasteiger partial charge in [-0.05, 0) is 42.9 Å². The molecule has 36 heavy (non-hydrogen) atoms. The first-order chi connectivity index (χ1) is 17.7. The van der Waals surface area contributed by atoms with Crippen LogP contribution in [0.15, 0.2) is 30.6 Å². The summed E-state index contributed by atoms with van der Waals surface area (Å²) < 4.78 is 20.0. The van der Waals surface area contributed by atoms with E-state index in [-0.39, 0.29) is 5.56 Å². The highest BCUT2D eigenvalue weighted by Crippen LogP contribution is 2.29. The quantitative estimate of drug-likeness (QED) is 0.162. The van der Waals surface area contributed by atoms with Crippen LogP contribution in [0.4, 0.5) is 4.39 Å². The zero-order valence-corrected chi connectivity index (χ0v) is 22.3. The summed E-state index contributed by atoms with van der Waals surface area (Å²) >= 11 is 0. The van der Waals surface area contributed by atoms with E-state index in [1.807, 2.05) is 12.4 Å². The Morgan fingerprint density at radius 3 is 2.31 bits per heavy atom. The Labute approximate surface area is 217 Å². The molecule has 0 N–H and O–H groups in total. The van der Waals surface area contributed by atoms with Crippen LogP contribution in [-0.2, 0) is 11.2 Å². The molecular weight excluding hydrogens is 451 g/mol. The maximum absolute atomic E-state index is 14.6. The number of aryl methyl sites for hydroxylation is 1. The molecule has 0 atom stereocenters. The normalized spacial score (nSPS) is 13.8. The highest BCUT2D eigenvalue weighted by molar-refractivity contribution is 5.90. The third-order valence-electron chi connectivity index (χ3n) is 7.44. The van der Waals surface area contributed by atoms with Gasteiger partial charge in [0.15, 0.2) is 5.82 Å². The molecule has 1 fully saturated rings. The molecule has 5 heteroatoms. The molecule has 0 amide bonds. The zero-order valence-electron chi connectivity index (χ0n) is 22.3. The summed E-state index contributed by atoms with van der Waals surface area (Å²) in [5, 5.41) is 0. The standard InChI is InChI=1S/C31H45FN2O2/c1-2-3-4-5-6-7-11-18-26-23-33-30(34-24-26)27-19-20-28(29(32)22-27)31(35)36-21-14-9-8-10-15-25-16-12-13-17-25/h19-20,22-25H,2-18,21H2,1H3. The van der Waals surface area contributed by atoms with Crippen molar-refractivity contribution in [3.05, 3.63) is 47.5 Å². The van der Waals surface area contributed by atoms with E-state index in [0.717, 1.165) is 37.2 Å². The fraction of sp³-hybridized carbons (Fsp3) is 0.645. The molecule has 1 heterocycles. The number of rotatable bonds is 17. The highest BCUT2D eigenvalue weighted by atomic mass is 19.1. The van der Waals surface area contributed by atoms with Crippen molar-refractivity contribution < 1.29 is 13.9 Å². The van der Waals surface area contributed by atoms with Crippen LogP contribution in [0.25, 0.3) is 11.4 Å². The number of benzene rings is 1. The summed E-state index contributed by atoms with van der Waals surface area (Å²) in [6.45, 7) is 2.58. The van der Waals surface area contributed by atoms with Crippen LogP contribution in [0.3, 0.4) is 0 Å². The molecule has 1 aliphatic carbocycles. The maximum atomic E-state index is 14.6. The van der Waals surface area contributed by atoms with Crippen molar-refractivity contribution in [3.63, 3.8) is 0 Å². The number of hydrogen-bond acceptors (Lipinski definition) is 4. The van der Waals surface area contributed by atoms with Crippen LogP contribution in [0.5, 0.6) is 0 Å². The molecule has 0 spiro atoms. The lowest BCUT2D eigenvalue weighted by Gasteiger charge is -2.09. The molecule has 1 aromatic carbocycles. The van der Waals surface area contributed by atoms with Gasteiger partial charge in [-0.25, -0.2) is 19.2 Å². The van der Waals surface area contributed by atoms with Crippen molar-refractivity contribution in [1.82, 2.24) is 9.97 Å². The second kappa shape index (κ2) is 16.4. The van der Waals surface area contributed by atoms with Crippen molar-refractivity contribution in [2.45, 2.75) is 116 Å². The fourth-order valence-electron chi connectivity index (χ4n) is 5.17. The van der Waals surface area contributed by atoms with E-state index in [4.69, 9.17) is 4.74 Å². The van der Waals surface area contributed by atoms with Crippen LogP contribution < -0.4 is 0 Å². The number of unbranched alkanes of at least 4 members (excludes halogenated alkanes) is 9. The van der Waals surface area contributed by atoms with Gasteiger partial charge in [0.25, 0.3) is 0 Å². The minimum atomic E-state index is -0.601. The third kappa shape index (κ3) is 9.99. The van der Waals surface area contributed by atoms with Crippen LogP contribution in [0.1, 0.15) is 126 Å². The monoisotopic (exact) mass is 496 g/mol. The number of carbonyl (C=O) groups is 1. The second-order valence-electron chi connectivity index (χ2n) is 10.5. The van der Waals surface area contributed by atoms with E-state index in [1.165, 1.54) is 95.6 Å². The van der Waals surface area contributed by atoms with Gasteiger partial charge in [0, 0.05) is 18.0 Å². The number of carbonyl (C=O) groups excluding carboxylic acids is 1. The first-order valence-electron chi connectivity index (χ1n) is 14.5. The SMILES string of the molecule is CCCCCCCCCc1cnc(-c2ccc(C(=O)OCCCCCCC3CCCC3)c(F)c2)nc1. The molecular formula is C31H45FN2O2. The van der Waals surface area contributed by atoms with E-state index in [2.05, 4.69) is 16.9 Å². The van der Waals surface area contributed by atoms with Crippen molar-refractivity contribution in [2.75, 3.05) is 6.61 Å². The molecule has 0 unspecified atom stereocenters. The molecule has 198 valence electrons. The molecule has 1 aromatic heterocycles. The Hall–Kier alpha value is -2.30. The summed E-state index contributed by atoms with van der Waals surface area (Å²) in [5.74, 6) is 0.211. The van der Waals surface area contributed by atoms with Gasteiger partial charge in [-0.15, -0.1) is 0 Å². The number of aromatic nitrogens is 2. The second-order valence-corrected chi connectivity index (χ2v) is 10.5. The van der Waals surface area contributed by atoms with Gasteiger partial charge in [0.2, 0.25) is 0 Å². The molecule has 4 nitrogen and oxygen atoms in total. The van der Waals surface area contributed by atoms with Gasteiger partial charge < -0.3 is 4.74 Å². The number of esters is 1. The van der Waals surface area contributed by atoms with Gasteiger partial charge in [0.1, 0.15) is 5.82 Å². The highest BCUT2D eigenvalue weighted by Gasteiger charge is 2.16. The van der Waals surface area contributed by atoms with Crippen LogP contribution in [0, 0.1) is 11.7 Å². The van der Waals surface area contributed by atoms with Crippen molar-refractivity contribution in [3.8, 4) is 11.4 Å². The average molecular weight is 497 g/mol. The van der Waals surface area contributed by atoms with E-state index >= 15 is 0 Å². The van der Waals surface area contributed by atoms with Crippen molar-refractivity contribution in [1.29, 1.82) is 0 Å². The summed E-state index contributed by atoms with van der Waals surface area (Å²) in [6.07, 6.45) is 24.8. The molecule has 0 bridgehead atoms. The van der Waals surface area contributed by atoms with E-state index < -0.39 is 11.8 Å². The fourth-order valence-corrected chi connectivity index (χ4v) is 5.17. The molecule has 0 aliphatic heterocycles. The predicted octanol–water partition coefficient (Wildman–Crippen LogP) is 8.87. The van der Waals surface area contributed by atoms with Gasteiger partial charge in [-0.1, -0.05) is 103 Å². The third-order valence-corrected chi connectivity index (χ3v) is 7.44. The maximum Gasteiger partial charge on any atom is 0.341 e. The van der Waals surface area contributed by atoms with Crippen LogP contribution in [-0.4, -0.2) is 22.5 Å². The number of halogens is 1. The van der Waals surface area contributed by atoms with E-state index in [1.54, 1.807) is 6.07 Å². The van der Waals surface area contributed by atoms with Crippen LogP contribution >= 0.6 is 0 Å². The summed E-state index contributed by atoms with van der Waals surface area (Å²) in [6, 6.07) is 4.49. The van der Waals surface area contributed by atoms with E-state index in [9.17, 15) is 9.18 Å². The lowest BCUT2D eigenvalue weighted by atomic mass is 9.99. The van der Waals surface area contributed by atoms with Gasteiger partial charge >= 0.3 is 5.97 Å². The number of ether oxygens (including phenoxy) is 1. The summed E-state index contributed by atoms with van der Waals surface area (Å²) in [4.78, 5) is 21.2. The van der Waals surface area contributed by atoms with Gasteiger partial charge in [-0.2, -0.15) is 0 Å². The Balaban J connectivity index is 1.35. The van der Waals surface area contributed by atoms with Crippen molar-refractivity contribution in [2.24, 2.45) is 5.92 Å². The van der Waals surface area contributed by atoms with Crippen molar-refractivity contribution >= 4 is 5.97 Å². The Morgan fingerprint density at radius 1 is 0.917 bits per heavy atom. The number of nitrogens with zero attached hydrogens (tertiary/aromatic N) is 2. The predicted molar refractivity (Wildman–Crippen MR) is 144 cm³/mol. The van der Waals surface area contributed by atoms with Gasteiger partial charge in [-0.3, -0.25) is 0 Å². The Bertz CT molecular complexity index is 894. The van der Waals surface area contributed by atoms with E-state index in [0.29, 0.717) is 18.0 Å². The lowest BCUT2D eigenvalue weighted by molar-refractivity contribution is 0.0492.